The Morgan fingerprint density at radius 3 is 2.71 bits per heavy atom. The number of nitrogens with zero attached hydrogens (tertiary/aromatic N) is 1. The van der Waals surface area contributed by atoms with Crippen molar-refractivity contribution in [2.45, 2.75) is 6.92 Å². The summed E-state index contributed by atoms with van der Waals surface area (Å²) in [6, 6.07) is 2.99. The first-order valence-corrected chi connectivity index (χ1v) is 5.15. The van der Waals surface area contributed by atoms with Crippen molar-refractivity contribution in [2.24, 2.45) is 10.8 Å². The molecule has 0 aromatic heterocycles. The number of hydrogen-bond donors (Lipinski definition) is 2. The van der Waals surface area contributed by atoms with Crippen LogP contribution in [0.15, 0.2) is 17.2 Å². The SMILES string of the molecule is Cc1cc2c(cc1C=NNC(N)=O)OCCO2. The van der Waals surface area contributed by atoms with Gasteiger partial charge >= 0.3 is 6.03 Å². The lowest BCUT2D eigenvalue weighted by Crippen LogP contribution is -2.24. The highest BCUT2D eigenvalue weighted by molar-refractivity contribution is 5.84. The Labute approximate surface area is 98.4 Å². The summed E-state index contributed by atoms with van der Waals surface area (Å²) in [6.07, 6.45) is 1.51. The molecule has 1 aliphatic heterocycles. The molecule has 6 heteroatoms. The lowest BCUT2D eigenvalue weighted by atomic mass is 10.1. The van der Waals surface area contributed by atoms with E-state index in [0.717, 1.165) is 16.9 Å². The zero-order valence-corrected chi connectivity index (χ0v) is 9.40. The number of hydrogen-bond acceptors (Lipinski definition) is 4. The maximum atomic E-state index is 10.5. The Kier molecular flexibility index (Phi) is 3.13. The quantitative estimate of drug-likeness (QED) is 0.586. The van der Waals surface area contributed by atoms with Gasteiger partial charge in [-0.15, -0.1) is 0 Å². The topological polar surface area (TPSA) is 85.9 Å². The van der Waals surface area contributed by atoms with E-state index in [1.165, 1.54) is 6.21 Å². The molecule has 0 saturated carbocycles. The van der Waals surface area contributed by atoms with Crippen LogP contribution in [0.1, 0.15) is 11.1 Å². The minimum Gasteiger partial charge on any atom is -0.486 e. The zero-order chi connectivity index (χ0) is 12.3. The van der Waals surface area contributed by atoms with E-state index in [2.05, 4.69) is 10.5 Å². The van der Waals surface area contributed by atoms with Crippen molar-refractivity contribution in [1.29, 1.82) is 0 Å². The van der Waals surface area contributed by atoms with E-state index >= 15 is 0 Å². The number of hydrazone groups is 1. The molecule has 6 nitrogen and oxygen atoms in total. The van der Waals surface area contributed by atoms with Crippen molar-refractivity contribution in [3.05, 3.63) is 23.3 Å². The van der Waals surface area contributed by atoms with Crippen LogP contribution in [-0.4, -0.2) is 25.5 Å². The first-order chi connectivity index (χ1) is 8.16. The fourth-order valence-corrected chi connectivity index (χ4v) is 1.51. The number of amides is 2. The van der Waals surface area contributed by atoms with Crippen molar-refractivity contribution in [2.75, 3.05) is 13.2 Å². The van der Waals surface area contributed by atoms with Gasteiger partial charge in [-0.2, -0.15) is 5.10 Å². The van der Waals surface area contributed by atoms with E-state index in [-0.39, 0.29) is 0 Å². The minimum absolute atomic E-state index is 0.534. The third kappa shape index (κ3) is 2.66. The monoisotopic (exact) mass is 235 g/mol. The van der Waals surface area contributed by atoms with Crippen LogP contribution in [0.25, 0.3) is 0 Å². The molecule has 1 aromatic carbocycles. The van der Waals surface area contributed by atoms with Gasteiger partial charge in [-0.05, 0) is 24.6 Å². The fourth-order valence-electron chi connectivity index (χ4n) is 1.51. The Morgan fingerprint density at radius 2 is 2.06 bits per heavy atom. The first-order valence-electron chi connectivity index (χ1n) is 5.15. The van der Waals surface area contributed by atoms with Crippen LogP contribution in [0.4, 0.5) is 4.79 Å². The standard InChI is InChI=1S/C11H13N3O3/c1-7-4-9-10(17-3-2-16-9)5-8(7)6-13-14-11(12)15/h4-6H,2-3H2,1H3,(H3,12,14,15). The van der Waals surface area contributed by atoms with Crippen LogP contribution >= 0.6 is 0 Å². The number of ether oxygens (including phenoxy) is 2. The number of urea groups is 1. The van der Waals surface area contributed by atoms with Gasteiger partial charge in [-0.1, -0.05) is 0 Å². The number of primary amides is 1. The molecule has 17 heavy (non-hydrogen) atoms. The second-order valence-electron chi connectivity index (χ2n) is 3.59. The summed E-state index contributed by atoms with van der Waals surface area (Å²) in [5.41, 5.74) is 8.85. The van der Waals surface area contributed by atoms with E-state index in [9.17, 15) is 4.79 Å². The van der Waals surface area contributed by atoms with Crippen LogP contribution in [-0.2, 0) is 0 Å². The normalized spacial score (nSPS) is 13.7. The van der Waals surface area contributed by atoms with Crippen molar-refractivity contribution < 1.29 is 14.3 Å². The zero-order valence-electron chi connectivity index (χ0n) is 9.40. The Balaban J connectivity index is 2.22. The number of benzene rings is 1. The second kappa shape index (κ2) is 4.73. The van der Waals surface area contributed by atoms with Crippen molar-refractivity contribution >= 4 is 12.2 Å². The number of nitrogens with one attached hydrogen (secondary N) is 1. The molecule has 90 valence electrons. The lowest BCUT2D eigenvalue weighted by Gasteiger charge is -2.19. The molecule has 3 N–H and O–H groups in total. The summed E-state index contributed by atoms with van der Waals surface area (Å²) in [4.78, 5) is 10.5. The molecule has 0 fully saturated rings. The van der Waals surface area contributed by atoms with Crippen LogP contribution < -0.4 is 20.6 Å². The van der Waals surface area contributed by atoms with Crippen molar-refractivity contribution in [3.63, 3.8) is 0 Å². The highest BCUT2D eigenvalue weighted by atomic mass is 16.6. The number of carbonyl (C=O) groups excluding carboxylic acids is 1. The maximum absolute atomic E-state index is 10.5. The summed E-state index contributed by atoms with van der Waals surface area (Å²) in [5, 5.41) is 3.70. The van der Waals surface area contributed by atoms with Gasteiger partial charge in [0.25, 0.3) is 0 Å². The van der Waals surface area contributed by atoms with Gasteiger partial charge in [0.15, 0.2) is 11.5 Å². The molecule has 0 unspecified atom stereocenters. The number of aryl methyl sites for hydroxylation is 1. The number of carbonyl (C=O) groups is 1. The van der Waals surface area contributed by atoms with E-state index in [1.54, 1.807) is 0 Å². The molecular formula is C11H13N3O3. The molecule has 0 saturated heterocycles. The van der Waals surface area contributed by atoms with E-state index in [4.69, 9.17) is 15.2 Å². The predicted octanol–water partition coefficient (Wildman–Crippen LogP) is 0.768. The summed E-state index contributed by atoms with van der Waals surface area (Å²) >= 11 is 0. The van der Waals surface area contributed by atoms with Crippen molar-refractivity contribution in [1.82, 2.24) is 5.43 Å². The molecule has 1 aromatic rings. The Morgan fingerprint density at radius 1 is 1.41 bits per heavy atom. The van der Waals surface area contributed by atoms with Gasteiger partial charge < -0.3 is 15.2 Å². The summed E-state index contributed by atoms with van der Waals surface area (Å²) in [5.74, 6) is 1.41. The molecule has 2 amide bonds. The average molecular weight is 235 g/mol. The van der Waals surface area contributed by atoms with Crippen LogP contribution in [0, 0.1) is 6.92 Å². The van der Waals surface area contributed by atoms with E-state index < -0.39 is 6.03 Å². The van der Waals surface area contributed by atoms with Gasteiger partial charge in [0.1, 0.15) is 13.2 Å². The summed E-state index contributed by atoms with van der Waals surface area (Å²) in [7, 11) is 0. The van der Waals surface area contributed by atoms with Crippen LogP contribution in [0.5, 0.6) is 11.5 Å². The molecule has 1 aliphatic rings. The summed E-state index contributed by atoms with van der Waals surface area (Å²) in [6.45, 7) is 3.01. The summed E-state index contributed by atoms with van der Waals surface area (Å²) < 4.78 is 10.9. The van der Waals surface area contributed by atoms with Gasteiger partial charge in [0.05, 0.1) is 6.21 Å². The molecule has 1 heterocycles. The van der Waals surface area contributed by atoms with Gasteiger partial charge in [-0.3, -0.25) is 0 Å². The Hall–Kier alpha value is -2.24. The fraction of sp³-hybridized carbons (Fsp3) is 0.273. The molecule has 0 spiro atoms. The Bertz CT molecular complexity index is 471. The van der Waals surface area contributed by atoms with Gasteiger partial charge in [0.2, 0.25) is 0 Å². The van der Waals surface area contributed by atoms with E-state index in [0.29, 0.717) is 19.0 Å². The number of fused-ring (bicyclic) bond motifs is 1. The number of nitrogens with two attached hydrogens (primary N) is 1. The molecule has 0 atom stereocenters. The molecule has 0 bridgehead atoms. The van der Waals surface area contributed by atoms with Crippen LogP contribution in [0.2, 0.25) is 0 Å². The highest BCUT2D eigenvalue weighted by Crippen LogP contribution is 2.32. The third-order valence-electron chi connectivity index (χ3n) is 2.31. The molecular weight excluding hydrogens is 222 g/mol. The van der Waals surface area contributed by atoms with Crippen LogP contribution in [0.3, 0.4) is 0 Å². The maximum Gasteiger partial charge on any atom is 0.332 e. The smallest absolute Gasteiger partial charge is 0.332 e. The van der Waals surface area contributed by atoms with Crippen molar-refractivity contribution in [3.8, 4) is 11.5 Å². The lowest BCUT2D eigenvalue weighted by molar-refractivity contribution is 0.171. The molecule has 0 radical (unpaired) electrons. The number of rotatable bonds is 2. The van der Waals surface area contributed by atoms with Gasteiger partial charge in [0, 0.05) is 5.56 Å². The highest BCUT2D eigenvalue weighted by Gasteiger charge is 2.13. The predicted molar refractivity (Wildman–Crippen MR) is 62.5 cm³/mol. The first kappa shape index (κ1) is 11.3. The molecule has 0 aliphatic carbocycles. The average Bonchev–Trinajstić information content (AvgIpc) is 2.29. The largest absolute Gasteiger partial charge is 0.486 e. The van der Waals surface area contributed by atoms with Gasteiger partial charge in [-0.25, -0.2) is 10.2 Å². The minimum atomic E-state index is -0.698. The second-order valence-corrected chi connectivity index (χ2v) is 3.59. The third-order valence-corrected chi connectivity index (χ3v) is 2.31. The van der Waals surface area contributed by atoms with E-state index in [1.807, 2.05) is 19.1 Å². The molecule has 2 rings (SSSR count).